The quantitative estimate of drug-likeness (QED) is 0.207. The number of hydrogen-bond donors (Lipinski definition) is 1. The summed E-state index contributed by atoms with van der Waals surface area (Å²) in [5.41, 5.74) is 12.9. The van der Waals surface area contributed by atoms with Crippen molar-refractivity contribution >= 4 is 24.2 Å². The van der Waals surface area contributed by atoms with Crippen LogP contribution in [0.25, 0.3) is 22.3 Å². The largest absolute Gasteiger partial charge is 0.494 e. The Kier molecular flexibility index (Phi) is 8.29. The first-order valence-corrected chi connectivity index (χ1v) is 16.4. The van der Waals surface area contributed by atoms with Crippen molar-refractivity contribution < 1.29 is 4.74 Å². The average Bonchev–Trinajstić information content (AvgIpc) is 3.37. The summed E-state index contributed by atoms with van der Waals surface area (Å²) in [4.78, 5) is 22.1. The molecule has 1 fully saturated rings. The van der Waals surface area contributed by atoms with Gasteiger partial charge in [0.1, 0.15) is 14.5 Å². The Balaban J connectivity index is 1.39. The number of nitrogens with zero attached hydrogens (tertiary/aromatic N) is 3. The lowest BCUT2D eigenvalue weighted by molar-refractivity contribution is 0.122. The second-order valence-corrected chi connectivity index (χ2v) is 13.0. The first-order chi connectivity index (χ1) is 20.7. The molecule has 0 spiro atoms. The molecule has 0 radical (unpaired) electrons. The van der Waals surface area contributed by atoms with Crippen molar-refractivity contribution in [3.8, 4) is 11.4 Å². The average molecular weight is 579 g/mol. The van der Waals surface area contributed by atoms with Crippen molar-refractivity contribution in [3.63, 3.8) is 0 Å². The molecular weight excluding hydrogens is 531 g/mol. The highest BCUT2D eigenvalue weighted by molar-refractivity contribution is 6.34. The smallest absolute Gasteiger partial charge is 0.258 e. The standard InChI is InChI=1S/C36H47BN4O2/c1-7-22(5)38-14-11-24-12-15-40(16-13-24)31-10-9-26-23(6)29(37)18-30-33(26)34(31)27-19-41-32(35(27)39-30)17-25(8-2)28(36(41)42)20-43-21(3)4/h17-18,24,31,38H,3,5,7-16,19-20,37H2,1-2,4,6H3. The van der Waals surface area contributed by atoms with Crippen LogP contribution in [0, 0.1) is 12.8 Å². The molecule has 2 aliphatic heterocycles. The molecule has 3 aliphatic rings. The van der Waals surface area contributed by atoms with E-state index in [2.05, 4.69) is 64.1 Å². The van der Waals surface area contributed by atoms with E-state index in [1.165, 1.54) is 52.4 Å². The number of aromatic nitrogens is 2. The number of hydrogen-bond acceptors (Lipinski definition) is 5. The lowest BCUT2D eigenvalue weighted by Gasteiger charge is -2.41. The number of benzene rings is 1. The summed E-state index contributed by atoms with van der Waals surface area (Å²) in [5.74, 6) is 1.38. The van der Waals surface area contributed by atoms with Crippen molar-refractivity contribution in [1.82, 2.24) is 19.8 Å². The number of aryl methyl sites for hydroxylation is 2. The normalized spacial score (nSPS) is 18.0. The van der Waals surface area contributed by atoms with Crippen LogP contribution < -0.4 is 16.3 Å². The summed E-state index contributed by atoms with van der Waals surface area (Å²) in [7, 11) is 2.21. The van der Waals surface area contributed by atoms with Gasteiger partial charge in [0.05, 0.1) is 34.8 Å². The molecule has 1 atom stereocenters. The third-order valence-corrected chi connectivity index (χ3v) is 10.4. The molecule has 3 aromatic rings. The molecule has 6 rings (SSSR count). The highest BCUT2D eigenvalue weighted by Crippen LogP contribution is 2.46. The van der Waals surface area contributed by atoms with Gasteiger partial charge in [-0.1, -0.05) is 38.0 Å². The van der Waals surface area contributed by atoms with Crippen LogP contribution in [-0.4, -0.2) is 41.9 Å². The minimum absolute atomic E-state index is 0.0463. The SMILES string of the molecule is Bc1cc2nc3c(c4c2c(c1C)CCC4N1CCC(CCNC(=C)CC)CC1)Cn1c-3cc(CC)c(COC(=C)C)c1=O. The third kappa shape index (κ3) is 5.35. The maximum atomic E-state index is 14.0. The second kappa shape index (κ2) is 12.0. The van der Waals surface area contributed by atoms with Crippen LogP contribution in [0.15, 0.2) is 41.5 Å². The van der Waals surface area contributed by atoms with E-state index in [9.17, 15) is 4.79 Å². The molecule has 1 aliphatic carbocycles. The molecule has 0 amide bonds. The summed E-state index contributed by atoms with van der Waals surface area (Å²) in [6.07, 6.45) is 7.65. The summed E-state index contributed by atoms with van der Waals surface area (Å²) in [6.45, 7) is 20.5. The lowest BCUT2D eigenvalue weighted by atomic mass is 9.77. The zero-order valence-corrected chi connectivity index (χ0v) is 26.9. The summed E-state index contributed by atoms with van der Waals surface area (Å²) >= 11 is 0. The monoisotopic (exact) mass is 578 g/mol. The Morgan fingerprint density at radius 2 is 1.93 bits per heavy atom. The van der Waals surface area contributed by atoms with Crippen molar-refractivity contribution in [3.05, 3.63) is 80.5 Å². The molecule has 43 heavy (non-hydrogen) atoms. The molecule has 1 N–H and O–H groups in total. The van der Waals surface area contributed by atoms with Gasteiger partial charge in [0.25, 0.3) is 5.56 Å². The predicted octanol–water partition coefficient (Wildman–Crippen LogP) is 5.21. The van der Waals surface area contributed by atoms with E-state index in [0.717, 1.165) is 85.0 Å². The van der Waals surface area contributed by atoms with Crippen LogP contribution in [0.2, 0.25) is 0 Å². The summed E-state index contributed by atoms with van der Waals surface area (Å²) in [5, 5.41) is 4.85. The predicted molar refractivity (Wildman–Crippen MR) is 180 cm³/mol. The van der Waals surface area contributed by atoms with Gasteiger partial charge in [-0.3, -0.25) is 9.69 Å². The highest BCUT2D eigenvalue weighted by atomic mass is 16.5. The fourth-order valence-corrected chi connectivity index (χ4v) is 7.71. The molecule has 6 nitrogen and oxygen atoms in total. The van der Waals surface area contributed by atoms with Crippen LogP contribution in [-0.2, 0) is 30.7 Å². The zero-order valence-electron chi connectivity index (χ0n) is 26.9. The third-order valence-electron chi connectivity index (χ3n) is 10.4. The number of allylic oxidation sites excluding steroid dienone is 2. The fraction of sp³-hybridized carbons (Fsp3) is 0.500. The minimum Gasteiger partial charge on any atom is -0.494 e. The van der Waals surface area contributed by atoms with Crippen LogP contribution in [0.5, 0.6) is 0 Å². The van der Waals surface area contributed by atoms with Crippen molar-refractivity contribution in [2.24, 2.45) is 5.92 Å². The van der Waals surface area contributed by atoms with Gasteiger partial charge < -0.3 is 14.6 Å². The van der Waals surface area contributed by atoms with Crippen molar-refractivity contribution in [1.29, 1.82) is 0 Å². The van der Waals surface area contributed by atoms with Crippen LogP contribution in [0.1, 0.15) is 92.3 Å². The van der Waals surface area contributed by atoms with Crippen molar-refractivity contribution in [2.75, 3.05) is 19.6 Å². The molecule has 1 saturated heterocycles. The van der Waals surface area contributed by atoms with Crippen LogP contribution in [0.4, 0.5) is 0 Å². The first-order valence-electron chi connectivity index (χ1n) is 16.4. The van der Waals surface area contributed by atoms with E-state index in [0.29, 0.717) is 18.3 Å². The Labute approximate surface area is 257 Å². The van der Waals surface area contributed by atoms with Gasteiger partial charge in [0.2, 0.25) is 0 Å². The van der Waals surface area contributed by atoms with Gasteiger partial charge in [-0.2, -0.15) is 0 Å². The molecule has 0 bridgehead atoms. The molecule has 4 heterocycles. The van der Waals surface area contributed by atoms with E-state index in [4.69, 9.17) is 9.72 Å². The molecule has 0 saturated carbocycles. The number of fused-ring (bicyclic) bond motifs is 4. The van der Waals surface area contributed by atoms with E-state index < -0.39 is 0 Å². The van der Waals surface area contributed by atoms with Crippen molar-refractivity contribution in [2.45, 2.75) is 91.8 Å². The molecule has 1 aromatic carbocycles. The maximum absolute atomic E-state index is 14.0. The van der Waals surface area contributed by atoms with Gasteiger partial charge in [0, 0.05) is 29.2 Å². The summed E-state index contributed by atoms with van der Waals surface area (Å²) < 4.78 is 7.71. The van der Waals surface area contributed by atoms with Gasteiger partial charge in [0.15, 0.2) is 0 Å². The Morgan fingerprint density at radius 3 is 2.63 bits per heavy atom. The van der Waals surface area contributed by atoms with Crippen LogP contribution >= 0.6 is 0 Å². The Morgan fingerprint density at radius 1 is 1.16 bits per heavy atom. The number of ether oxygens (including phenoxy) is 1. The molecule has 2 aromatic heterocycles. The second-order valence-electron chi connectivity index (χ2n) is 13.0. The number of piperidine rings is 1. The first kappa shape index (κ1) is 29.7. The molecular formula is C36H47BN4O2. The number of pyridine rings is 2. The van der Waals surface area contributed by atoms with Gasteiger partial charge in [-0.15, -0.1) is 0 Å². The topological polar surface area (TPSA) is 59.4 Å². The number of nitrogens with one attached hydrogen (secondary N) is 1. The number of likely N-dealkylation sites (tertiary alicyclic amines) is 1. The maximum Gasteiger partial charge on any atom is 0.258 e. The van der Waals surface area contributed by atoms with E-state index in [1.54, 1.807) is 0 Å². The molecule has 7 heteroatoms. The fourth-order valence-electron chi connectivity index (χ4n) is 7.71. The van der Waals surface area contributed by atoms with E-state index in [1.807, 2.05) is 11.5 Å². The van der Waals surface area contributed by atoms with Gasteiger partial charge in [-0.25, -0.2) is 4.98 Å². The molecule has 226 valence electrons. The molecule has 1 unspecified atom stereocenters. The highest BCUT2D eigenvalue weighted by Gasteiger charge is 2.37. The van der Waals surface area contributed by atoms with E-state index >= 15 is 0 Å². The van der Waals surface area contributed by atoms with E-state index in [-0.39, 0.29) is 12.2 Å². The lowest BCUT2D eigenvalue weighted by Crippen LogP contribution is -2.39. The van der Waals surface area contributed by atoms with Gasteiger partial charge >= 0.3 is 0 Å². The van der Waals surface area contributed by atoms with Gasteiger partial charge in [-0.05, 0) is 107 Å². The summed E-state index contributed by atoms with van der Waals surface area (Å²) in [6, 6.07) is 4.83. The van der Waals surface area contributed by atoms with Crippen LogP contribution in [0.3, 0.4) is 0 Å². The number of rotatable bonds is 10. The Bertz CT molecular complexity index is 1660. The minimum atomic E-state index is 0.0463. The zero-order chi connectivity index (χ0) is 30.4. The Hall–Kier alpha value is -3.32.